The van der Waals surface area contributed by atoms with Crippen LogP contribution >= 0.6 is 23.2 Å². The fourth-order valence-corrected chi connectivity index (χ4v) is 5.56. The van der Waals surface area contributed by atoms with Gasteiger partial charge in [-0.3, -0.25) is 4.79 Å². The van der Waals surface area contributed by atoms with Crippen LogP contribution in [-0.2, 0) is 21.0 Å². The van der Waals surface area contributed by atoms with Crippen molar-refractivity contribution in [1.82, 2.24) is 4.31 Å². The molecule has 2 aromatic rings. The smallest absolute Gasteiger partial charge is 0.418 e. The van der Waals surface area contributed by atoms with Gasteiger partial charge in [-0.1, -0.05) is 23.2 Å². The summed E-state index contributed by atoms with van der Waals surface area (Å²) in [6, 6.07) is 7.12. The fourth-order valence-electron chi connectivity index (χ4n) is 3.53. The van der Waals surface area contributed by atoms with Crippen LogP contribution < -0.4 is 10.1 Å². The molecule has 0 bridgehead atoms. The molecule has 33 heavy (non-hydrogen) atoms. The minimum atomic E-state index is -4.72. The van der Waals surface area contributed by atoms with Gasteiger partial charge in [-0.2, -0.15) is 17.5 Å². The second kappa shape index (κ2) is 10.1. The van der Waals surface area contributed by atoms with Gasteiger partial charge in [0.1, 0.15) is 5.75 Å². The Kier molecular flexibility index (Phi) is 7.83. The lowest BCUT2D eigenvalue weighted by atomic mass is 9.98. The van der Waals surface area contributed by atoms with Crippen LogP contribution in [-0.4, -0.2) is 38.3 Å². The number of hydrogen-bond donors (Lipinski definition) is 1. The first-order chi connectivity index (χ1) is 15.4. The third-order valence-corrected chi connectivity index (χ3v) is 7.53. The van der Waals surface area contributed by atoms with Crippen LogP contribution in [0.1, 0.15) is 25.3 Å². The molecule has 0 unspecified atom stereocenters. The van der Waals surface area contributed by atoms with Crippen molar-refractivity contribution >= 4 is 44.8 Å². The van der Waals surface area contributed by atoms with E-state index in [9.17, 15) is 26.4 Å². The molecule has 3 rings (SSSR count). The summed E-state index contributed by atoms with van der Waals surface area (Å²) in [6.45, 7) is 2.12. The summed E-state index contributed by atoms with van der Waals surface area (Å²) >= 11 is 11.8. The number of carbonyl (C=O) groups is 1. The van der Waals surface area contributed by atoms with E-state index in [0.29, 0.717) is 25.2 Å². The highest BCUT2D eigenvalue weighted by Crippen LogP contribution is 2.37. The maximum atomic E-state index is 13.3. The van der Waals surface area contributed by atoms with Gasteiger partial charge in [-0.25, -0.2) is 8.42 Å². The number of piperidine rings is 1. The quantitative estimate of drug-likeness (QED) is 0.545. The van der Waals surface area contributed by atoms with Crippen molar-refractivity contribution in [3.05, 3.63) is 52.0 Å². The van der Waals surface area contributed by atoms with E-state index < -0.39 is 39.3 Å². The van der Waals surface area contributed by atoms with Crippen molar-refractivity contribution in [3.63, 3.8) is 0 Å². The van der Waals surface area contributed by atoms with Crippen molar-refractivity contribution in [2.45, 2.75) is 30.8 Å². The van der Waals surface area contributed by atoms with Crippen LogP contribution in [0.4, 0.5) is 18.9 Å². The molecule has 1 aliphatic rings. The molecule has 1 heterocycles. The molecular weight excluding hydrogens is 504 g/mol. The molecule has 1 atom stereocenters. The zero-order valence-electron chi connectivity index (χ0n) is 17.5. The molecule has 0 spiro atoms. The third kappa shape index (κ3) is 5.92. The van der Waals surface area contributed by atoms with Crippen molar-refractivity contribution in [2.75, 3.05) is 25.0 Å². The van der Waals surface area contributed by atoms with E-state index >= 15 is 0 Å². The summed E-state index contributed by atoms with van der Waals surface area (Å²) in [4.78, 5) is 12.7. The Balaban J connectivity index is 1.78. The maximum Gasteiger partial charge on any atom is 0.418 e. The first kappa shape index (κ1) is 25.6. The monoisotopic (exact) mass is 524 g/mol. The van der Waals surface area contributed by atoms with E-state index in [-0.39, 0.29) is 28.0 Å². The molecule has 0 radical (unpaired) electrons. The standard InChI is InChI=1S/C21H21Cl2F3N2O4S/c1-2-32-19-8-6-15(11-17(19)23)33(30,31)28-9-3-4-13(12-28)20(29)27-18-7-5-14(22)10-16(18)21(24,25)26/h5-8,10-11,13H,2-4,9,12H2,1H3,(H,27,29)/t13-/m1/s1. The summed E-state index contributed by atoms with van der Waals surface area (Å²) in [6.07, 6.45) is -4.02. The average Bonchev–Trinajstić information content (AvgIpc) is 2.75. The normalized spacial score (nSPS) is 17.6. The number of rotatable bonds is 6. The van der Waals surface area contributed by atoms with Crippen LogP contribution in [0.3, 0.4) is 0 Å². The predicted octanol–water partition coefficient (Wildman–Crippen LogP) is 5.45. The Hall–Kier alpha value is -2.01. The zero-order chi connectivity index (χ0) is 24.4. The van der Waals surface area contributed by atoms with Gasteiger partial charge in [0.05, 0.1) is 33.7 Å². The molecule has 1 N–H and O–H groups in total. The van der Waals surface area contributed by atoms with Gasteiger partial charge in [-0.05, 0) is 56.2 Å². The van der Waals surface area contributed by atoms with Crippen LogP contribution in [0.5, 0.6) is 5.75 Å². The number of halogens is 5. The largest absolute Gasteiger partial charge is 0.492 e. The molecule has 180 valence electrons. The number of anilines is 1. The second-order valence-corrected chi connectivity index (χ2v) is 10.2. The number of ether oxygens (including phenoxy) is 1. The van der Waals surface area contributed by atoms with Crippen molar-refractivity contribution < 1.29 is 31.1 Å². The summed E-state index contributed by atoms with van der Waals surface area (Å²) in [5.74, 6) is -1.19. The second-order valence-electron chi connectivity index (χ2n) is 7.40. The Morgan fingerprint density at radius 3 is 2.58 bits per heavy atom. The molecule has 0 aliphatic carbocycles. The molecule has 12 heteroatoms. The zero-order valence-corrected chi connectivity index (χ0v) is 19.8. The Morgan fingerprint density at radius 2 is 1.94 bits per heavy atom. The van der Waals surface area contributed by atoms with Gasteiger partial charge in [0.25, 0.3) is 0 Å². The predicted molar refractivity (Wildman–Crippen MR) is 119 cm³/mol. The van der Waals surface area contributed by atoms with Gasteiger partial charge < -0.3 is 10.1 Å². The van der Waals surface area contributed by atoms with Gasteiger partial charge in [0, 0.05) is 18.1 Å². The number of alkyl halides is 3. The van der Waals surface area contributed by atoms with Crippen LogP contribution in [0.2, 0.25) is 10.0 Å². The highest BCUT2D eigenvalue weighted by atomic mass is 35.5. The summed E-state index contributed by atoms with van der Waals surface area (Å²) in [5, 5.41) is 2.29. The molecular formula is C21H21Cl2F3N2O4S. The molecule has 1 amide bonds. The lowest BCUT2D eigenvalue weighted by molar-refractivity contribution is -0.137. The molecule has 1 saturated heterocycles. The van der Waals surface area contributed by atoms with Gasteiger partial charge >= 0.3 is 6.18 Å². The number of carbonyl (C=O) groups excluding carboxylic acids is 1. The van der Waals surface area contributed by atoms with Crippen molar-refractivity contribution in [1.29, 1.82) is 0 Å². The number of nitrogens with one attached hydrogen (secondary N) is 1. The van der Waals surface area contributed by atoms with E-state index in [1.54, 1.807) is 6.92 Å². The molecule has 1 aliphatic heterocycles. The van der Waals surface area contributed by atoms with Gasteiger partial charge in [0.15, 0.2) is 0 Å². The number of benzene rings is 2. The Labute approximate surface area is 199 Å². The highest BCUT2D eigenvalue weighted by molar-refractivity contribution is 7.89. The summed E-state index contributed by atoms with van der Waals surface area (Å²) < 4.78 is 72.6. The van der Waals surface area contributed by atoms with Crippen molar-refractivity contribution in [3.8, 4) is 5.75 Å². The first-order valence-corrected chi connectivity index (χ1v) is 12.2. The number of hydrogen-bond acceptors (Lipinski definition) is 4. The van der Waals surface area contributed by atoms with Crippen molar-refractivity contribution in [2.24, 2.45) is 5.92 Å². The summed E-state index contributed by atoms with van der Waals surface area (Å²) in [5.41, 5.74) is -1.51. The van der Waals surface area contributed by atoms with E-state index in [2.05, 4.69) is 5.32 Å². The SMILES string of the molecule is CCOc1ccc(S(=O)(=O)N2CCC[C@@H](C(=O)Nc3ccc(Cl)cc3C(F)(F)F)C2)cc1Cl. The van der Waals surface area contributed by atoms with E-state index in [1.807, 2.05) is 0 Å². The van der Waals surface area contributed by atoms with Crippen LogP contribution in [0.15, 0.2) is 41.3 Å². The molecule has 0 saturated carbocycles. The fraction of sp³-hybridized carbons (Fsp3) is 0.381. The third-order valence-electron chi connectivity index (χ3n) is 5.14. The Bertz CT molecular complexity index is 1140. The van der Waals surface area contributed by atoms with Crippen LogP contribution in [0, 0.1) is 5.92 Å². The highest BCUT2D eigenvalue weighted by Gasteiger charge is 2.37. The average molecular weight is 525 g/mol. The number of amides is 1. The van der Waals surface area contributed by atoms with Gasteiger partial charge in [-0.15, -0.1) is 0 Å². The molecule has 6 nitrogen and oxygen atoms in total. The van der Waals surface area contributed by atoms with Gasteiger partial charge in [0.2, 0.25) is 15.9 Å². The minimum Gasteiger partial charge on any atom is -0.492 e. The molecule has 2 aromatic carbocycles. The summed E-state index contributed by atoms with van der Waals surface area (Å²) in [7, 11) is -3.98. The first-order valence-electron chi connectivity index (χ1n) is 10.0. The Morgan fingerprint density at radius 1 is 1.21 bits per heavy atom. The maximum absolute atomic E-state index is 13.3. The van der Waals surface area contributed by atoms with E-state index in [1.165, 1.54) is 24.3 Å². The lowest BCUT2D eigenvalue weighted by Gasteiger charge is -2.31. The topological polar surface area (TPSA) is 75.7 Å². The molecule has 1 fully saturated rings. The minimum absolute atomic E-state index is 0.0610. The lowest BCUT2D eigenvalue weighted by Crippen LogP contribution is -2.43. The number of sulfonamides is 1. The van der Waals surface area contributed by atoms with Crippen LogP contribution in [0.25, 0.3) is 0 Å². The van der Waals surface area contributed by atoms with E-state index in [0.717, 1.165) is 16.4 Å². The number of nitrogens with zero attached hydrogens (tertiary/aromatic N) is 1. The van der Waals surface area contributed by atoms with E-state index in [4.69, 9.17) is 27.9 Å². The molecule has 0 aromatic heterocycles.